The van der Waals surface area contributed by atoms with Gasteiger partial charge in [-0.15, -0.1) is 0 Å². The number of aryl methyl sites for hydroxylation is 3. The second kappa shape index (κ2) is 12.6. The molecule has 0 spiro atoms. The Morgan fingerprint density at radius 1 is 0.814 bits per heavy atom. The third-order valence-corrected chi connectivity index (χ3v) is 6.93. The van der Waals surface area contributed by atoms with E-state index in [1.54, 1.807) is 30.5 Å². The second-order valence-corrected chi connectivity index (χ2v) is 10.0. The summed E-state index contributed by atoms with van der Waals surface area (Å²) in [5.74, 6) is 0.291. The van der Waals surface area contributed by atoms with E-state index in [-0.39, 0.29) is 12.4 Å². The van der Waals surface area contributed by atoms with Crippen molar-refractivity contribution in [1.82, 2.24) is 14.6 Å². The Hall–Kier alpha value is -5.51. The topological polar surface area (TPSA) is 120 Å². The number of aliphatic carboxylic acids is 1. The Morgan fingerprint density at radius 2 is 1.42 bits per heavy atom. The van der Waals surface area contributed by atoms with E-state index in [0.29, 0.717) is 17.3 Å². The minimum absolute atomic E-state index is 0.125. The van der Waals surface area contributed by atoms with Gasteiger partial charge < -0.3 is 28.1 Å². The molecule has 0 aliphatic rings. The number of hydrazone groups is 1. The molecule has 0 atom stereocenters. The molecule has 0 bridgehead atoms. The minimum Gasteiger partial charge on any atom is -0.486 e. The molecule has 10 heteroatoms. The van der Waals surface area contributed by atoms with Crippen LogP contribution in [0.5, 0.6) is 11.5 Å². The van der Waals surface area contributed by atoms with E-state index in [9.17, 15) is 9.59 Å². The number of rotatable bonds is 11. The first-order valence-corrected chi connectivity index (χ1v) is 13.6. The van der Waals surface area contributed by atoms with Gasteiger partial charge >= 0.3 is 11.9 Å². The summed E-state index contributed by atoms with van der Waals surface area (Å²) in [5.41, 5.74) is 9.48. The Bertz CT molecular complexity index is 1760. The van der Waals surface area contributed by atoms with Crippen molar-refractivity contribution in [3.8, 4) is 22.9 Å². The van der Waals surface area contributed by atoms with E-state index in [1.807, 2.05) is 60.9 Å². The van der Waals surface area contributed by atoms with Gasteiger partial charge in [0.05, 0.1) is 6.21 Å². The predicted molar refractivity (Wildman–Crippen MR) is 162 cm³/mol. The number of benzene rings is 2. The van der Waals surface area contributed by atoms with Crippen LogP contribution in [-0.2, 0) is 11.4 Å². The smallest absolute Gasteiger partial charge is 0.341 e. The second-order valence-electron chi connectivity index (χ2n) is 10.0. The summed E-state index contributed by atoms with van der Waals surface area (Å²) >= 11 is 0. The molecule has 0 aliphatic heterocycles. The van der Waals surface area contributed by atoms with Crippen LogP contribution >= 0.6 is 0 Å². The van der Waals surface area contributed by atoms with Crippen molar-refractivity contribution in [2.45, 2.75) is 34.3 Å². The SMILES string of the molecule is Cc1ccc(C)n1-c1ccc(OCc2ccc(C(=O)N/N=C/c3cc(C)n(-c4ccc(OCC(=O)O)cc4)c3C)o2)cc1. The summed E-state index contributed by atoms with van der Waals surface area (Å²) in [4.78, 5) is 23.3. The highest BCUT2D eigenvalue weighted by molar-refractivity contribution is 5.92. The minimum atomic E-state index is -1.03. The van der Waals surface area contributed by atoms with Gasteiger partial charge in [0, 0.05) is 39.7 Å². The molecule has 0 unspecified atom stereocenters. The lowest BCUT2D eigenvalue weighted by molar-refractivity contribution is -0.139. The van der Waals surface area contributed by atoms with E-state index < -0.39 is 18.5 Å². The van der Waals surface area contributed by atoms with Gasteiger partial charge in [-0.25, -0.2) is 10.2 Å². The van der Waals surface area contributed by atoms with Gasteiger partial charge in [0.25, 0.3) is 0 Å². The summed E-state index contributed by atoms with van der Waals surface area (Å²) in [6.07, 6.45) is 1.58. The van der Waals surface area contributed by atoms with Gasteiger partial charge in [0.15, 0.2) is 12.4 Å². The van der Waals surface area contributed by atoms with E-state index in [4.69, 9.17) is 19.0 Å². The first-order chi connectivity index (χ1) is 20.7. The van der Waals surface area contributed by atoms with Crippen molar-refractivity contribution in [3.63, 3.8) is 0 Å². The number of carbonyl (C=O) groups is 2. The molecule has 0 saturated heterocycles. The zero-order valence-corrected chi connectivity index (χ0v) is 24.3. The van der Waals surface area contributed by atoms with Crippen LogP contribution in [0.1, 0.15) is 44.7 Å². The fourth-order valence-corrected chi connectivity index (χ4v) is 4.87. The molecule has 2 N–H and O–H groups in total. The van der Waals surface area contributed by atoms with Gasteiger partial charge in [0.2, 0.25) is 0 Å². The van der Waals surface area contributed by atoms with Crippen LogP contribution in [0.3, 0.4) is 0 Å². The van der Waals surface area contributed by atoms with Crippen LogP contribution < -0.4 is 14.9 Å². The molecule has 5 rings (SSSR count). The number of furan rings is 1. The molecule has 5 aromatic rings. The van der Waals surface area contributed by atoms with Gasteiger partial charge in [0.1, 0.15) is 23.9 Å². The Morgan fingerprint density at radius 3 is 2.05 bits per heavy atom. The Balaban J connectivity index is 1.16. The summed E-state index contributed by atoms with van der Waals surface area (Å²) in [6, 6.07) is 24.3. The van der Waals surface area contributed by atoms with Crippen molar-refractivity contribution >= 4 is 18.1 Å². The number of nitrogens with one attached hydrogen (secondary N) is 1. The van der Waals surface area contributed by atoms with Crippen molar-refractivity contribution in [1.29, 1.82) is 0 Å². The van der Waals surface area contributed by atoms with Gasteiger partial charge in [-0.2, -0.15) is 5.10 Å². The monoisotopic (exact) mass is 580 g/mol. The number of nitrogens with zero attached hydrogens (tertiary/aromatic N) is 3. The number of aromatic nitrogens is 2. The number of carboxylic acids is 1. The highest BCUT2D eigenvalue weighted by atomic mass is 16.5. The third-order valence-electron chi connectivity index (χ3n) is 6.93. The largest absolute Gasteiger partial charge is 0.486 e. The van der Waals surface area contributed by atoms with Gasteiger partial charge in [-0.1, -0.05) is 0 Å². The molecule has 2 aromatic carbocycles. The molecule has 10 nitrogen and oxygen atoms in total. The van der Waals surface area contributed by atoms with Crippen molar-refractivity contribution in [2.24, 2.45) is 5.10 Å². The van der Waals surface area contributed by atoms with E-state index in [0.717, 1.165) is 39.7 Å². The molecule has 3 aromatic heterocycles. The first kappa shape index (κ1) is 29.0. The summed E-state index contributed by atoms with van der Waals surface area (Å²) in [5, 5.41) is 12.9. The maximum Gasteiger partial charge on any atom is 0.341 e. The van der Waals surface area contributed by atoms with Crippen LogP contribution in [-0.4, -0.2) is 38.9 Å². The van der Waals surface area contributed by atoms with Crippen LogP contribution in [0.25, 0.3) is 11.4 Å². The summed E-state index contributed by atoms with van der Waals surface area (Å²) in [6.45, 7) is 7.82. The van der Waals surface area contributed by atoms with Crippen molar-refractivity contribution < 1.29 is 28.6 Å². The average Bonchev–Trinajstić information content (AvgIpc) is 3.68. The molecule has 0 aliphatic carbocycles. The van der Waals surface area contributed by atoms with Crippen LogP contribution in [0.15, 0.2) is 88.4 Å². The van der Waals surface area contributed by atoms with Crippen LogP contribution in [0.2, 0.25) is 0 Å². The maximum atomic E-state index is 12.6. The molecule has 3 heterocycles. The zero-order chi connectivity index (χ0) is 30.5. The number of ether oxygens (including phenoxy) is 2. The Kier molecular flexibility index (Phi) is 8.47. The number of carbonyl (C=O) groups excluding carboxylic acids is 1. The number of carboxylic acid groups (broad SMARTS) is 1. The predicted octanol–water partition coefficient (Wildman–Crippen LogP) is 5.90. The van der Waals surface area contributed by atoms with Crippen LogP contribution in [0, 0.1) is 27.7 Å². The van der Waals surface area contributed by atoms with E-state index in [1.165, 1.54) is 0 Å². The standard InChI is InChI=1S/C33H32N4O6/c1-21-5-6-22(2)36(21)26-7-11-28(12-8-26)41-19-30-15-16-31(43-30)33(40)35-34-18-25-17-23(3)37(24(25)4)27-9-13-29(14-10-27)42-20-32(38)39/h5-18H,19-20H2,1-4H3,(H,35,40)(H,38,39)/b34-18+. The molecule has 1 amide bonds. The zero-order valence-electron chi connectivity index (χ0n) is 24.3. The number of amides is 1. The van der Waals surface area contributed by atoms with Gasteiger partial charge in [-0.3, -0.25) is 4.79 Å². The van der Waals surface area contributed by atoms with E-state index in [2.05, 4.69) is 41.1 Å². The van der Waals surface area contributed by atoms with E-state index >= 15 is 0 Å². The lowest BCUT2D eigenvalue weighted by atomic mass is 10.2. The summed E-state index contributed by atoms with van der Waals surface area (Å²) < 4.78 is 20.9. The molecule has 0 fully saturated rings. The fraction of sp³-hybridized carbons (Fsp3) is 0.182. The molecule has 0 saturated carbocycles. The normalized spacial score (nSPS) is 11.2. The average molecular weight is 581 g/mol. The van der Waals surface area contributed by atoms with Crippen molar-refractivity contribution in [2.75, 3.05) is 6.61 Å². The molecule has 43 heavy (non-hydrogen) atoms. The molecule has 0 radical (unpaired) electrons. The Labute approximate surface area is 248 Å². The third kappa shape index (κ3) is 6.70. The molecular formula is C33H32N4O6. The molecular weight excluding hydrogens is 548 g/mol. The number of hydrogen-bond donors (Lipinski definition) is 2. The van der Waals surface area contributed by atoms with Crippen LogP contribution in [0.4, 0.5) is 0 Å². The lowest BCUT2D eigenvalue weighted by Gasteiger charge is -2.11. The quantitative estimate of drug-likeness (QED) is 0.148. The number of hydrogen-bond acceptors (Lipinski definition) is 6. The van der Waals surface area contributed by atoms with Crippen molar-refractivity contribution in [3.05, 3.63) is 119 Å². The lowest BCUT2D eigenvalue weighted by Crippen LogP contribution is -2.16. The fourth-order valence-electron chi connectivity index (χ4n) is 4.87. The molecule has 220 valence electrons. The van der Waals surface area contributed by atoms with Gasteiger partial charge in [-0.05, 0) is 107 Å². The highest BCUT2D eigenvalue weighted by Crippen LogP contribution is 2.23. The maximum absolute atomic E-state index is 12.6. The first-order valence-electron chi connectivity index (χ1n) is 13.6. The highest BCUT2D eigenvalue weighted by Gasteiger charge is 2.13. The summed E-state index contributed by atoms with van der Waals surface area (Å²) in [7, 11) is 0.